The summed E-state index contributed by atoms with van der Waals surface area (Å²) in [5.74, 6) is 0.0886. The van der Waals surface area contributed by atoms with Crippen molar-refractivity contribution in [3.05, 3.63) is 28.2 Å². The molecule has 3 unspecified atom stereocenters. The number of benzene rings is 1. The zero-order chi connectivity index (χ0) is 18.2. The third-order valence-corrected chi connectivity index (χ3v) is 4.59. The Kier molecular flexibility index (Phi) is 8.26. The van der Waals surface area contributed by atoms with E-state index in [1.165, 1.54) is 0 Å². The number of hydrogen-bond donors (Lipinski definition) is 2. The van der Waals surface area contributed by atoms with Crippen molar-refractivity contribution in [2.45, 2.75) is 38.1 Å². The highest BCUT2D eigenvalue weighted by molar-refractivity contribution is 6.42. The molecule has 1 aromatic rings. The molecule has 0 aliphatic carbocycles. The Hall–Kier alpha value is -1.05. The van der Waals surface area contributed by atoms with Gasteiger partial charge in [0.25, 0.3) is 0 Å². The molecule has 1 aliphatic rings. The normalized spacial score (nSPS) is 19.4. The van der Waals surface area contributed by atoms with Crippen molar-refractivity contribution < 1.29 is 24.1 Å². The second-order valence-corrected chi connectivity index (χ2v) is 6.66. The molecule has 0 radical (unpaired) electrons. The van der Waals surface area contributed by atoms with Gasteiger partial charge < -0.3 is 24.6 Å². The lowest BCUT2D eigenvalue weighted by molar-refractivity contribution is -0.134. The summed E-state index contributed by atoms with van der Waals surface area (Å²) < 4.78 is 16.4. The van der Waals surface area contributed by atoms with Crippen LogP contribution in [0, 0.1) is 0 Å². The maximum atomic E-state index is 12.0. The lowest BCUT2D eigenvalue weighted by Crippen LogP contribution is -2.41. The summed E-state index contributed by atoms with van der Waals surface area (Å²) in [6.45, 7) is 2.83. The lowest BCUT2D eigenvalue weighted by Gasteiger charge is -2.18. The van der Waals surface area contributed by atoms with E-state index in [1.54, 1.807) is 25.1 Å². The highest BCUT2D eigenvalue weighted by atomic mass is 35.5. The minimum absolute atomic E-state index is 0.0223. The number of aliphatic hydroxyl groups excluding tert-OH is 1. The monoisotopic (exact) mass is 391 g/mol. The second-order valence-electron chi connectivity index (χ2n) is 5.87. The summed E-state index contributed by atoms with van der Waals surface area (Å²) >= 11 is 11.9. The highest BCUT2D eigenvalue weighted by Gasteiger charge is 2.20. The molecule has 0 saturated carbocycles. The molecule has 1 heterocycles. The van der Waals surface area contributed by atoms with Gasteiger partial charge in [0, 0.05) is 13.2 Å². The van der Waals surface area contributed by atoms with E-state index in [-0.39, 0.29) is 30.2 Å². The van der Waals surface area contributed by atoms with Crippen LogP contribution < -0.4 is 10.1 Å². The molecular formula is C17H23Cl2NO5. The number of ether oxygens (including phenoxy) is 3. The first kappa shape index (κ1) is 20.3. The predicted molar refractivity (Wildman–Crippen MR) is 95.4 cm³/mol. The average Bonchev–Trinajstić information content (AvgIpc) is 3.12. The van der Waals surface area contributed by atoms with Crippen LogP contribution in [0.25, 0.3) is 0 Å². The Labute approximate surface area is 157 Å². The average molecular weight is 392 g/mol. The van der Waals surface area contributed by atoms with Crippen LogP contribution >= 0.6 is 23.2 Å². The van der Waals surface area contributed by atoms with Gasteiger partial charge in [-0.1, -0.05) is 29.3 Å². The Balaban J connectivity index is 1.65. The highest BCUT2D eigenvalue weighted by Crippen LogP contribution is 2.31. The minimum atomic E-state index is -0.885. The van der Waals surface area contributed by atoms with E-state index in [0.29, 0.717) is 17.4 Å². The maximum Gasteiger partial charge on any atom is 0.248 e. The van der Waals surface area contributed by atoms with E-state index in [2.05, 4.69) is 5.32 Å². The number of nitrogens with one attached hydrogen (secondary N) is 1. The Morgan fingerprint density at radius 3 is 3.00 bits per heavy atom. The maximum absolute atomic E-state index is 12.0. The Morgan fingerprint density at radius 2 is 2.28 bits per heavy atom. The molecule has 25 heavy (non-hydrogen) atoms. The molecule has 2 rings (SSSR count). The fraction of sp³-hybridized carbons (Fsp3) is 0.588. The fourth-order valence-electron chi connectivity index (χ4n) is 2.31. The van der Waals surface area contributed by atoms with E-state index < -0.39 is 12.2 Å². The van der Waals surface area contributed by atoms with Gasteiger partial charge in [0.2, 0.25) is 5.91 Å². The molecule has 1 saturated heterocycles. The largest absolute Gasteiger partial charge is 0.489 e. The van der Waals surface area contributed by atoms with Crippen LogP contribution in [0.5, 0.6) is 5.75 Å². The molecule has 0 aromatic heterocycles. The van der Waals surface area contributed by atoms with Crippen molar-refractivity contribution in [1.29, 1.82) is 0 Å². The van der Waals surface area contributed by atoms with Gasteiger partial charge in [0.15, 0.2) is 0 Å². The van der Waals surface area contributed by atoms with Crippen LogP contribution in [-0.2, 0) is 14.3 Å². The number of aliphatic hydroxyl groups is 1. The van der Waals surface area contributed by atoms with E-state index >= 15 is 0 Å². The summed E-state index contributed by atoms with van der Waals surface area (Å²) in [5.41, 5.74) is 0. The predicted octanol–water partition coefficient (Wildman–Crippen LogP) is 2.43. The summed E-state index contributed by atoms with van der Waals surface area (Å²) in [6, 6.07) is 5.00. The molecule has 1 aliphatic heterocycles. The van der Waals surface area contributed by atoms with Gasteiger partial charge in [-0.2, -0.15) is 0 Å². The summed E-state index contributed by atoms with van der Waals surface area (Å²) in [4.78, 5) is 12.0. The fourth-order valence-corrected chi connectivity index (χ4v) is 2.65. The van der Waals surface area contributed by atoms with Crippen molar-refractivity contribution >= 4 is 29.1 Å². The first-order valence-electron chi connectivity index (χ1n) is 8.23. The van der Waals surface area contributed by atoms with E-state index in [1.807, 2.05) is 0 Å². The minimum Gasteiger partial charge on any atom is -0.489 e. The van der Waals surface area contributed by atoms with Gasteiger partial charge in [-0.15, -0.1) is 0 Å². The lowest BCUT2D eigenvalue weighted by atomic mass is 10.2. The van der Waals surface area contributed by atoms with E-state index in [0.717, 1.165) is 19.4 Å². The van der Waals surface area contributed by atoms with E-state index in [4.69, 9.17) is 37.4 Å². The number of carbonyl (C=O) groups is 1. The first-order valence-corrected chi connectivity index (χ1v) is 8.98. The summed E-state index contributed by atoms with van der Waals surface area (Å²) in [6.07, 6.45) is 0.550. The molecular weight excluding hydrogens is 369 g/mol. The molecule has 8 heteroatoms. The molecule has 3 atom stereocenters. The van der Waals surface area contributed by atoms with Crippen molar-refractivity contribution in [2.75, 3.05) is 26.4 Å². The van der Waals surface area contributed by atoms with Gasteiger partial charge in [-0.25, -0.2) is 0 Å². The Morgan fingerprint density at radius 1 is 1.48 bits per heavy atom. The molecule has 6 nitrogen and oxygen atoms in total. The van der Waals surface area contributed by atoms with Gasteiger partial charge in [-0.3, -0.25) is 4.79 Å². The number of amides is 1. The summed E-state index contributed by atoms with van der Waals surface area (Å²) in [5, 5.41) is 13.2. The molecule has 1 fully saturated rings. The number of halogens is 2. The topological polar surface area (TPSA) is 77.0 Å². The molecule has 1 aromatic carbocycles. The van der Waals surface area contributed by atoms with Gasteiger partial charge in [0.05, 0.1) is 17.7 Å². The molecule has 0 spiro atoms. The SMILES string of the molecule is CC(OCC1CCCO1)C(=O)NCC(O)COc1cccc(Cl)c1Cl. The van der Waals surface area contributed by atoms with Crippen LogP contribution in [0.1, 0.15) is 19.8 Å². The first-order chi connectivity index (χ1) is 12.0. The number of hydrogen-bond acceptors (Lipinski definition) is 5. The van der Waals surface area contributed by atoms with Crippen LogP contribution in [0.3, 0.4) is 0 Å². The van der Waals surface area contributed by atoms with Crippen molar-refractivity contribution in [3.63, 3.8) is 0 Å². The standard InChI is InChI=1S/C17H23Cl2NO5/c1-11(24-10-13-4-3-7-23-13)17(22)20-8-12(21)9-25-15-6-2-5-14(18)16(15)19/h2,5-6,11-13,21H,3-4,7-10H2,1H3,(H,20,22). The smallest absolute Gasteiger partial charge is 0.248 e. The van der Waals surface area contributed by atoms with Crippen LogP contribution in [0.2, 0.25) is 10.0 Å². The van der Waals surface area contributed by atoms with Gasteiger partial charge >= 0.3 is 0 Å². The van der Waals surface area contributed by atoms with Crippen LogP contribution in [0.4, 0.5) is 0 Å². The molecule has 140 valence electrons. The zero-order valence-electron chi connectivity index (χ0n) is 14.0. The van der Waals surface area contributed by atoms with Crippen molar-refractivity contribution in [3.8, 4) is 5.75 Å². The van der Waals surface area contributed by atoms with Crippen LogP contribution in [0.15, 0.2) is 18.2 Å². The summed E-state index contributed by atoms with van der Waals surface area (Å²) in [7, 11) is 0. The zero-order valence-corrected chi connectivity index (χ0v) is 15.6. The Bertz CT molecular complexity index is 566. The third kappa shape index (κ3) is 6.64. The van der Waals surface area contributed by atoms with Crippen LogP contribution in [-0.4, -0.2) is 55.7 Å². The quantitative estimate of drug-likeness (QED) is 0.675. The van der Waals surface area contributed by atoms with Gasteiger partial charge in [-0.05, 0) is 31.9 Å². The van der Waals surface area contributed by atoms with Gasteiger partial charge in [0.1, 0.15) is 29.6 Å². The van der Waals surface area contributed by atoms with E-state index in [9.17, 15) is 9.90 Å². The number of rotatable bonds is 9. The molecule has 2 N–H and O–H groups in total. The molecule has 0 bridgehead atoms. The number of carbonyl (C=O) groups excluding carboxylic acids is 1. The molecule has 1 amide bonds. The third-order valence-electron chi connectivity index (χ3n) is 3.78. The van der Waals surface area contributed by atoms with Crippen molar-refractivity contribution in [2.24, 2.45) is 0 Å². The second kappa shape index (κ2) is 10.2. The van der Waals surface area contributed by atoms with Crippen molar-refractivity contribution in [1.82, 2.24) is 5.32 Å².